The van der Waals surface area contributed by atoms with Gasteiger partial charge in [-0.3, -0.25) is 14.2 Å². The predicted molar refractivity (Wildman–Crippen MR) is 131 cm³/mol. The molecule has 1 N–H and O–H groups in total. The van der Waals surface area contributed by atoms with Crippen LogP contribution in [0.5, 0.6) is 0 Å². The van der Waals surface area contributed by atoms with Crippen molar-refractivity contribution in [2.24, 2.45) is 0 Å². The third kappa shape index (κ3) is 5.41. The molecule has 0 aliphatic rings. The van der Waals surface area contributed by atoms with Gasteiger partial charge >= 0.3 is 5.97 Å². The number of benzene rings is 3. The molecular weight excluding hydrogens is 438 g/mol. The molecular formula is C26H24ClN3O3. The highest BCUT2D eigenvalue weighted by molar-refractivity contribution is 6.30. The summed E-state index contributed by atoms with van der Waals surface area (Å²) in [6.45, 7) is 2.05. The standard InChI is InChI=1S/C26H24ClN3O3/c1-18-24(27)29-25(28-15-14-21-12-7-11-20-10-5-6-13-22(20)21)26(32)30(18)16-23(31)33-17-19-8-3-2-4-9-19/h2-13H,14-17H2,1H3,(H,28,29). The maximum atomic E-state index is 13.0. The van der Waals surface area contributed by atoms with Crippen molar-refractivity contribution >= 4 is 34.2 Å². The summed E-state index contributed by atoms with van der Waals surface area (Å²) < 4.78 is 6.61. The number of esters is 1. The van der Waals surface area contributed by atoms with Crippen molar-refractivity contribution in [2.45, 2.75) is 26.5 Å². The number of anilines is 1. The lowest BCUT2D eigenvalue weighted by atomic mass is 10.0. The highest BCUT2D eigenvalue weighted by Crippen LogP contribution is 2.19. The molecule has 0 bridgehead atoms. The van der Waals surface area contributed by atoms with E-state index in [1.54, 1.807) is 6.92 Å². The van der Waals surface area contributed by atoms with Gasteiger partial charge in [-0.05, 0) is 35.2 Å². The number of nitrogens with zero attached hydrogens (tertiary/aromatic N) is 2. The Morgan fingerprint density at radius 2 is 1.76 bits per heavy atom. The number of fused-ring (bicyclic) bond motifs is 1. The van der Waals surface area contributed by atoms with Crippen molar-refractivity contribution in [1.29, 1.82) is 0 Å². The maximum absolute atomic E-state index is 13.0. The van der Waals surface area contributed by atoms with Crippen LogP contribution in [0.2, 0.25) is 5.15 Å². The predicted octanol–water partition coefficient (Wildman–Crippen LogP) is 4.76. The summed E-state index contributed by atoms with van der Waals surface area (Å²) in [5.41, 5.74) is 2.05. The third-order valence-electron chi connectivity index (χ3n) is 5.46. The van der Waals surface area contributed by atoms with Gasteiger partial charge in [0.05, 0.1) is 5.69 Å². The monoisotopic (exact) mass is 461 g/mol. The summed E-state index contributed by atoms with van der Waals surface area (Å²) in [7, 11) is 0. The van der Waals surface area contributed by atoms with Gasteiger partial charge in [0.1, 0.15) is 13.2 Å². The number of aromatic nitrogens is 2. The molecule has 3 aromatic carbocycles. The Morgan fingerprint density at radius 1 is 1.03 bits per heavy atom. The molecule has 0 fully saturated rings. The van der Waals surface area contributed by atoms with Gasteiger partial charge in [-0.1, -0.05) is 84.4 Å². The van der Waals surface area contributed by atoms with Crippen LogP contribution in [0.15, 0.2) is 77.6 Å². The Labute approximate surface area is 196 Å². The minimum absolute atomic E-state index is 0.113. The summed E-state index contributed by atoms with van der Waals surface area (Å²) in [5, 5.41) is 5.60. The van der Waals surface area contributed by atoms with E-state index in [0.717, 1.165) is 5.56 Å². The molecule has 1 heterocycles. The first-order valence-corrected chi connectivity index (χ1v) is 11.1. The van der Waals surface area contributed by atoms with Crippen molar-refractivity contribution < 1.29 is 9.53 Å². The first-order chi connectivity index (χ1) is 16.0. The zero-order valence-corrected chi connectivity index (χ0v) is 19.0. The Bertz CT molecular complexity index is 1330. The topological polar surface area (TPSA) is 73.2 Å². The first-order valence-electron chi connectivity index (χ1n) is 10.7. The lowest BCUT2D eigenvalue weighted by Gasteiger charge is -2.14. The van der Waals surface area contributed by atoms with Crippen molar-refractivity contribution in [3.8, 4) is 0 Å². The number of rotatable bonds is 8. The lowest BCUT2D eigenvalue weighted by Crippen LogP contribution is -2.31. The van der Waals surface area contributed by atoms with E-state index in [1.165, 1.54) is 20.9 Å². The fourth-order valence-corrected chi connectivity index (χ4v) is 3.85. The van der Waals surface area contributed by atoms with E-state index in [4.69, 9.17) is 16.3 Å². The molecule has 4 aromatic rings. The number of halogens is 1. The van der Waals surface area contributed by atoms with Crippen LogP contribution < -0.4 is 10.9 Å². The molecule has 0 aliphatic carbocycles. The molecule has 0 atom stereocenters. The van der Waals surface area contributed by atoms with Crippen molar-refractivity contribution in [1.82, 2.24) is 9.55 Å². The van der Waals surface area contributed by atoms with E-state index >= 15 is 0 Å². The fraction of sp³-hybridized carbons (Fsp3) is 0.192. The molecule has 0 unspecified atom stereocenters. The Kier molecular flexibility index (Phi) is 7.05. The summed E-state index contributed by atoms with van der Waals surface area (Å²) in [5.74, 6) is -0.408. The number of nitrogens with one attached hydrogen (secondary N) is 1. The minimum atomic E-state index is -0.520. The Balaban J connectivity index is 1.44. The minimum Gasteiger partial charge on any atom is -0.459 e. The lowest BCUT2D eigenvalue weighted by molar-refractivity contribution is -0.145. The van der Waals surface area contributed by atoms with Crippen LogP contribution in [0.3, 0.4) is 0 Å². The highest BCUT2D eigenvalue weighted by atomic mass is 35.5. The quantitative estimate of drug-likeness (QED) is 0.383. The summed E-state index contributed by atoms with van der Waals surface area (Å²) in [4.78, 5) is 29.5. The number of hydrogen-bond acceptors (Lipinski definition) is 5. The fourth-order valence-electron chi connectivity index (χ4n) is 3.66. The van der Waals surface area contributed by atoms with Crippen LogP contribution in [0.25, 0.3) is 10.8 Å². The SMILES string of the molecule is Cc1c(Cl)nc(NCCc2cccc3ccccc23)c(=O)n1CC(=O)OCc1ccccc1. The van der Waals surface area contributed by atoms with Gasteiger partial charge in [-0.15, -0.1) is 0 Å². The molecule has 168 valence electrons. The molecule has 0 saturated heterocycles. The molecule has 1 aromatic heterocycles. The van der Waals surface area contributed by atoms with Crippen molar-refractivity contribution in [2.75, 3.05) is 11.9 Å². The number of carbonyl (C=O) groups excluding carboxylic acids is 1. The zero-order valence-electron chi connectivity index (χ0n) is 18.3. The molecule has 6 nitrogen and oxygen atoms in total. The molecule has 0 aliphatic heterocycles. The van der Waals surface area contributed by atoms with E-state index in [9.17, 15) is 9.59 Å². The Morgan fingerprint density at radius 3 is 2.58 bits per heavy atom. The van der Waals surface area contributed by atoms with Gasteiger partial charge in [0, 0.05) is 6.54 Å². The molecule has 0 spiro atoms. The maximum Gasteiger partial charge on any atom is 0.326 e. The van der Waals surface area contributed by atoms with E-state index in [1.807, 2.05) is 48.5 Å². The van der Waals surface area contributed by atoms with Crippen LogP contribution in [0.4, 0.5) is 5.82 Å². The van der Waals surface area contributed by atoms with Gasteiger partial charge in [0.25, 0.3) is 5.56 Å². The van der Waals surface area contributed by atoms with E-state index in [-0.39, 0.29) is 24.1 Å². The first kappa shape index (κ1) is 22.6. The van der Waals surface area contributed by atoms with Gasteiger partial charge < -0.3 is 10.1 Å². The second-order valence-electron chi connectivity index (χ2n) is 7.69. The molecule has 33 heavy (non-hydrogen) atoms. The Hall–Kier alpha value is -3.64. The van der Waals surface area contributed by atoms with Gasteiger partial charge in [0.15, 0.2) is 11.0 Å². The average molecular weight is 462 g/mol. The van der Waals surface area contributed by atoms with Gasteiger partial charge in [0.2, 0.25) is 0 Å². The van der Waals surface area contributed by atoms with Gasteiger partial charge in [-0.2, -0.15) is 0 Å². The average Bonchev–Trinajstić information content (AvgIpc) is 2.84. The summed E-state index contributed by atoms with van der Waals surface area (Å²) in [6.07, 6.45) is 0.701. The summed E-state index contributed by atoms with van der Waals surface area (Å²) in [6, 6.07) is 23.7. The van der Waals surface area contributed by atoms with Crippen LogP contribution in [-0.2, 0) is 29.1 Å². The number of ether oxygens (including phenoxy) is 1. The third-order valence-corrected chi connectivity index (χ3v) is 5.82. The number of carbonyl (C=O) groups is 1. The van der Waals surface area contributed by atoms with Gasteiger partial charge in [-0.25, -0.2) is 4.98 Å². The van der Waals surface area contributed by atoms with E-state index in [2.05, 4.69) is 34.6 Å². The second-order valence-corrected chi connectivity index (χ2v) is 8.05. The molecule has 0 radical (unpaired) electrons. The zero-order chi connectivity index (χ0) is 23.2. The van der Waals surface area contributed by atoms with Crippen LogP contribution in [0.1, 0.15) is 16.8 Å². The van der Waals surface area contributed by atoms with Crippen molar-refractivity contribution in [3.63, 3.8) is 0 Å². The largest absolute Gasteiger partial charge is 0.459 e. The van der Waals surface area contributed by atoms with Crippen LogP contribution in [-0.4, -0.2) is 22.1 Å². The number of hydrogen-bond donors (Lipinski definition) is 1. The van der Waals surface area contributed by atoms with E-state index in [0.29, 0.717) is 18.7 Å². The van der Waals surface area contributed by atoms with Crippen LogP contribution >= 0.6 is 11.6 Å². The molecule has 0 saturated carbocycles. The summed E-state index contributed by atoms with van der Waals surface area (Å²) >= 11 is 6.26. The van der Waals surface area contributed by atoms with E-state index < -0.39 is 11.5 Å². The molecule has 4 rings (SSSR count). The smallest absolute Gasteiger partial charge is 0.326 e. The molecule has 0 amide bonds. The van der Waals surface area contributed by atoms with Crippen molar-refractivity contribution in [3.05, 3.63) is 105 Å². The highest BCUT2D eigenvalue weighted by Gasteiger charge is 2.16. The van der Waals surface area contributed by atoms with Crippen LogP contribution in [0, 0.1) is 6.92 Å². The second kappa shape index (κ2) is 10.3. The normalized spacial score (nSPS) is 10.8. The molecule has 7 heteroatoms.